The molecule has 2 aromatic carbocycles. The zero-order chi connectivity index (χ0) is 15.6. The van der Waals surface area contributed by atoms with Crippen LogP contribution < -0.4 is 0 Å². The lowest BCUT2D eigenvalue weighted by atomic mass is 10.1. The predicted molar refractivity (Wildman–Crippen MR) is 85.3 cm³/mol. The summed E-state index contributed by atoms with van der Waals surface area (Å²) in [7, 11) is -3.56. The molecule has 2 aromatic rings. The van der Waals surface area contributed by atoms with E-state index >= 15 is 0 Å². The highest BCUT2D eigenvalue weighted by atomic mass is 35.5. The molecule has 0 bridgehead atoms. The fourth-order valence-corrected chi connectivity index (χ4v) is 4.22. The van der Waals surface area contributed by atoms with Crippen LogP contribution in [0.5, 0.6) is 0 Å². The van der Waals surface area contributed by atoms with Crippen molar-refractivity contribution in [3.8, 4) is 0 Å². The van der Waals surface area contributed by atoms with Crippen LogP contribution in [0.25, 0.3) is 0 Å². The molecule has 0 aliphatic carbocycles. The maximum atomic E-state index is 12.7. The zero-order valence-electron chi connectivity index (χ0n) is 11.9. The highest BCUT2D eigenvalue weighted by Gasteiger charge is 2.31. The Bertz CT molecular complexity index is 749. The van der Waals surface area contributed by atoms with E-state index in [9.17, 15) is 8.42 Å². The number of ether oxygens (including phenoxy) is 1. The van der Waals surface area contributed by atoms with Gasteiger partial charge in [0.05, 0.1) is 17.6 Å². The Kier molecular flexibility index (Phi) is 4.49. The summed E-state index contributed by atoms with van der Waals surface area (Å²) in [4.78, 5) is 0.216. The first kappa shape index (κ1) is 15.5. The first-order valence-electron chi connectivity index (χ1n) is 6.99. The minimum Gasteiger partial charge on any atom is -0.371 e. The van der Waals surface area contributed by atoms with E-state index in [1.165, 1.54) is 10.4 Å². The maximum absolute atomic E-state index is 12.7. The molecule has 6 heteroatoms. The number of benzene rings is 2. The van der Waals surface area contributed by atoms with Crippen molar-refractivity contribution in [3.63, 3.8) is 0 Å². The van der Waals surface area contributed by atoms with E-state index in [2.05, 4.69) is 0 Å². The summed E-state index contributed by atoms with van der Waals surface area (Å²) < 4.78 is 32.6. The van der Waals surface area contributed by atoms with Crippen molar-refractivity contribution in [2.75, 3.05) is 19.7 Å². The third-order valence-corrected chi connectivity index (χ3v) is 5.73. The van der Waals surface area contributed by atoms with Gasteiger partial charge in [0.15, 0.2) is 0 Å². The first-order valence-corrected chi connectivity index (χ1v) is 8.81. The summed E-state index contributed by atoms with van der Waals surface area (Å²) in [6.45, 7) is 1.02. The van der Waals surface area contributed by atoms with Crippen molar-refractivity contribution in [2.24, 2.45) is 0 Å². The van der Waals surface area contributed by atoms with E-state index in [0.29, 0.717) is 24.7 Å². The van der Waals surface area contributed by atoms with Gasteiger partial charge in [-0.2, -0.15) is 4.31 Å². The topological polar surface area (TPSA) is 46.6 Å². The van der Waals surface area contributed by atoms with Gasteiger partial charge in [-0.3, -0.25) is 0 Å². The van der Waals surface area contributed by atoms with E-state index in [1.54, 1.807) is 18.2 Å². The molecule has 1 aliphatic rings. The lowest BCUT2D eigenvalue weighted by Crippen LogP contribution is -2.42. The number of hydrogen-bond acceptors (Lipinski definition) is 3. The van der Waals surface area contributed by atoms with Crippen molar-refractivity contribution < 1.29 is 13.2 Å². The Morgan fingerprint density at radius 3 is 2.59 bits per heavy atom. The summed E-state index contributed by atoms with van der Waals surface area (Å²) >= 11 is 5.91. The standard InChI is InChI=1S/C16H16ClNO3S/c17-14-7-4-8-15(11-14)22(19,20)18-9-10-21-16(12-18)13-5-2-1-3-6-13/h1-8,11,16H,9-10,12H2. The molecular weight excluding hydrogens is 322 g/mol. The van der Waals surface area contributed by atoms with Gasteiger partial charge in [-0.15, -0.1) is 0 Å². The molecule has 1 saturated heterocycles. The molecule has 116 valence electrons. The predicted octanol–water partition coefficient (Wildman–Crippen LogP) is 3.10. The highest BCUT2D eigenvalue weighted by Crippen LogP contribution is 2.27. The molecular formula is C16H16ClNO3S. The third kappa shape index (κ3) is 3.17. The van der Waals surface area contributed by atoms with Crippen molar-refractivity contribution in [1.82, 2.24) is 4.31 Å². The molecule has 4 nitrogen and oxygen atoms in total. The summed E-state index contributed by atoms with van der Waals surface area (Å²) in [6, 6.07) is 16.0. The molecule has 0 amide bonds. The number of rotatable bonds is 3. The van der Waals surface area contributed by atoms with Gasteiger partial charge in [-0.25, -0.2) is 8.42 Å². The monoisotopic (exact) mass is 337 g/mol. The van der Waals surface area contributed by atoms with Crippen molar-refractivity contribution in [2.45, 2.75) is 11.0 Å². The average molecular weight is 338 g/mol. The Morgan fingerprint density at radius 2 is 1.86 bits per heavy atom. The van der Waals surface area contributed by atoms with Crippen LogP contribution in [0, 0.1) is 0 Å². The van der Waals surface area contributed by atoms with E-state index in [4.69, 9.17) is 16.3 Å². The maximum Gasteiger partial charge on any atom is 0.243 e. The SMILES string of the molecule is O=S(=O)(c1cccc(Cl)c1)N1CCOC(c2ccccc2)C1. The Balaban J connectivity index is 1.85. The van der Waals surface area contributed by atoms with Crippen molar-refractivity contribution in [3.05, 3.63) is 65.2 Å². The van der Waals surface area contributed by atoms with E-state index in [1.807, 2.05) is 30.3 Å². The summed E-state index contributed by atoms with van der Waals surface area (Å²) in [5.74, 6) is 0. The largest absolute Gasteiger partial charge is 0.371 e. The first-order chi connectivity index (χ1) is 10.6. The van der Waals surface area contributed by atoms with E-state index in [-0.39, 0.29) is 11.0 Å². The van der Waals surface area contributed by atoms with E-state index in [0.717, 1.165) is 5.56 Å². The van der Waals surface area contributed by atoms with Crippen LogP contribution in [-0.2, 0) is 14.8 Å². The number of nitrogens with zero attached hydrogens (tertiary/aromatic N) is 1. The lowest BCUT2D eigenvalue weighted by Gasteiger charge is -2.32. The molecule has 0 N–H and O–H groups in total. The second-order valence-electron chi connectivity index (χ2n) is 5.09. The van der Waals surface area contributed by atoms with Crippen molar-refractivity contribution in [1.29, 1.82) is 0 Å². The van der Waals surface area contributed by atoms with Gasteiger partial charge >= 0.3 is 0 Å². The van der Waals surface area contributed by atoms with Gasteiger partial charge in [-0.05, 0) is 23.8 Å². The second-order valence-corrected chi connectivity index (χ2v) is 7.46. The molecule has 22 heavy (non-hydrogen) atoms. The molecule has 1 atom stereocenters. The van der Waals surface area contributed by atoms with Gasteiger partial charge < -0.3 is 4.74 Å². The van der Waals surface area contributed by atoms with Gasteiger partial charge in [0.25, 0.3) is 0 Å². The molecule has 0 saturated carbocycles. The van der Waals surface area contributed by atoms with Crippen LogP contribution in [0.15, 0.2) is 59.5 Å². The van der Waals surface area contributed by atoms with Gasteiger partial charge in [0, 0.05) is 18.1 Å². The molecule has 1 fully saturated rings. The Hall–Kier alpha value is -1.40. The van der Waals surface area contributed by atoms with E-state index < -0.39 is 10.0 Å². The minimum absolute atomic E-state index is 0.216. The average Bonchev–Trinajstić information content (AvgIpc) is 2.56. The Morgan fingerprint density at radius 1 is 1.09 bits per heavy atom. The van der Waals surface area contributed by atoms with Gasteiger partial charge in [0.1, 0.15) is 0 Å². The zero-order valence-corrected chi connectivity index (χ0v) is 13.4. The number of halogens is 1. The summed E-state index contributed by atoms with van der Waals surface area (Å²) in [5.41, 5.74) is 0.980. The fraction of sp³-hybridized carbons (Fsp3) is 0.250. The number of morpholine rings is 1. The van der Waals surface area contributed by atoms with Crippen LogP contribution in [0.2, 0.25) is 5.02 Å². The van der Waals surface area contributed by atoms with Crippen molar-refractivity contribution >= 4 is 21.6 Å². The normalized spacial score (nSPS) is 20.0. The lowest BCUT2D eigenvalue weighted by molar-refractivity contribution is -0.00255. The van der Waals surface area contributed by atoms with Crippen LogP contribution in [0.1, 0.15) is 11.7 Å². The highest BCUT2D eigenvalue weighted by molar-refractivity contribution is 7.89. The van der Waals surface area contributed by atoms with Crippen LogP contribution in [-0.4, -0.2) is 32.4 Å². The van der Waals surface area contributed by atoms with Crippen LogP contribution >= 0.6 is 11.6 Å². The quantitative estimate of drug-likeness (QED) is 0.864. The van der Waals surface area contributed by atoms with Gasteiger partial charge in [0.2, 0.25) is 10.0 Å². The molecule has 0 spiro atoms. The van der Waals surface area contributed by atoms with Gasteiger partial charge in [-0.1, -0.05) is 48.0 Å². The molecule has 3 rings (SSSR count). The summed E-state index contributed by atoms with van der Waals surface area (Å²) in [6.07, 6.45) is -0.246. The third-order valence-electron chi connectivity index (χ3n) is 3.63. The molecule has 1 aliphatic heterocycles. The number of hydrogen-bond donors (Lipinski definition) is 0. The molecule has 1 unspecified atom stereocenters. The van der Waals surface area contributed by atoms with Crippen LogP contribution in [0.4, 0.5) is 0 Å². The Labute approximate surface area is 135 Å². The summed E-state index contributed by atoms with van der Waals surface area (Å²) in [5, 5.41) is 0.411. The molecule has 0 aromatic heterocycles. The molecule has 1 heterocycles. The minimum atomic E-state index is -3.56. The second kappa shape index (κ2) is 6.38. The molecule has 0 radical (unpaired) electrons. The fourth-order valence-electron chi connectivity index (χ4n) is 2.49. The van der Waals surface area contributed by atoms with Crippen LogP contribution in [0.3, 0.4) is 0 Å². The smallest absolute Gasteiger partial charge is 0.243 e. The number of sulfonamides is 1.